The van der Waals surface area contributed by atoms with Crippen LogP contribution in [0.2, 0.25) is 0 Å². The van der Waals surface area contributed by atoms with Crippen molar-refractivity contribution in [1.82, 2.24) is 5.32 Å². The third kappa shape index (κ3) is 39.9. The number of aliphatic hydroxyl groups is 8. The van der Waals surface area contributed by atoms with Gasteiger partial charge in [0.2, 0.25) is 5.91 Å². The number of nitrogens with one attached hydrogen (secondary N) is 1. The molecule has 0 radical (unpaired) electrons. The van der Waals surface area contributed by atoms with Crippen LogP contribution in [0.4, 0.5) is 0 Å². The highest BCUT2D eigenvalue weighted by molar-refractivity contribution is 5.76. The van der Waals surface area contributed by atoms with Gasteiger partial charge in [0.25, 0.3) is 0 Å². The molecule has 2 heterocycles. The molecule has 0 saturated carbocycles. The average Bonchev–Trinajstić information content (AvgIpc) is 3.18. The molecular formula is C70H137NO13. The third-order valence-corrected chi connectivity index (χ3v) is 18.3. The van der Waals surface area contributed by atoms with Crippen LogP contribution in [0.15, 0.2) is 0 Å². The van der Waals surface area contributed by atoms with Crippen molar-refractivity contribution in [3.8, 4) is 0 Å². The molecule has 2 aliphatic heterocycles. The van der Waals surface area contributed by atoms with E-state index in [0.29, 0.717) is 12.8 Å². The quantitative estimate of drug-likeness (QED) is 0.0259. The molecule has 14 nitrogen and oxygen atoms in total. The van der Waals surface area contributed by atoms with Crippen molar-refractivity contribution in [2.24, 2.45) is 0 Å². The van der Waals surface area contributed by atoms with Gasteiger partial charge in [-0.25, -0.2) is 0 Å². The molecule has 500 valence electrons. The Hall–Kier alpha value is -1.01. The first-order valence-corrected chi connectivity index (χ1v) is 36.3. The van der Waals surface area contributed by atoms with Crippen molar-refractivity contribution >= 4 is 5.91 Å². The second kappa shape index (κ2) is 56.0. The number of unbranched alkanes of at least 4 members (excludes halogenated alkanes) is 48. The number of rotatable bonds is 61. The van der Waals surface area contributed by atoms with Gasteiger partial charge < -0.3 is 65.1 Å². The molecule has 2 rings (SSSR count). The highest BCUT2D eigenvalue weighted by Crippen LogP contribution is 2.30. The number of carbonyl (C=O) groups excluding carboxylic acids is 1. The van der Waals surface area contributed by atoms with Crippen molar-refractivity contribution in [2.75, 3.05) is 19.8 Å². The SMILES string of the molecule is CCCCCCCCCCCCCCCCCCCCCCCCCCCCCCCCCC(=O)NC(COC1OC(CO)C(OC2OC(CO)C(O)C(O)C2O)C(O)C1O)C(O)CCCCCCCCCCCCCCCCCCCCC. The Morgan fingerprint density at radius 3 is 1.01 bits per heavy atom. The van der Waals surface area contributed by atoms with Gasteiger partial charge >= 0.3 is 0 Å². The predicted molar refractivity (Wildman–Crippen MR) is 342 cm³/mol. The molecule has 84 heavy (non-hydrogen) atoms. The Labute approximate surface area is 514 Å². The molecule has 14 heteroatoms. The summed E-state index contributed by atoms with van der Waals surface area (Å²) in [5.41, 5.74) is 0. The molecule has 2 aliphatic rings. The van der Waals surface area contributed by atoms with Gasteiger partial charge in [-0.05, 0) is 12.8 Å². The number of hydrogen-bond acceptors (Lipinski definition) is 13. The largest absolute Gasteiger partial charge is 0.394 e. The maximum Gasteiger partial charge on any atom is 0.220 e. The minimum absolute atomic E-state index is 0.197. The van der Waals surface area contributed by atoms with Crippen molar-refractivity contribution < 1.29 is 64.6 Å². The van der Waals surface area contributed by atoms with Crippen LogP contribution in [0.3, 0.4) is 0 Å². The first-order chi connectivity index (χ1) is 41.1. The van der Waals surface area contributed by atoms with Gasteiger partial charge in [-0.15, -0.1) is 0 Å². The molecule has 2 fully saturated rings. The van der Waals surface area contributed by atoms with Crippen LogP contribution < -0.4 is 5.32 Å². The normalized spacial score (nSPS) is 23.5. The summed E-state index contributed by atoms with van der Waals surface area (Å²) in [5.74, 6) is -0.197. The Morgan fingerprint density at radius 1 is 0.381 bits per heavy atom. The van der Waals surface area contributed by atoms with Crippen LogP contribution in [-0.2, 0) is 23.7 Å². The fraction of sp³-hybridized carbons (Fsp3) is 0.986. The number of hydrogen-bond donors (Lipinski definition) is 9. The lowest BCUT2D eigenvalue weighted by molar-refractivity contribution is -0.359. The van der Waals surface area contributed by atoms with Gasteiger partial charge in [0.1, 0.15) is 48.8 Å². The molecule has 9 N–H and O–H groups in total. The van der Waals surface area contributed by atoms with Crippen molar-refractivity contribution in [2.45, 2.75) is 421 Å². The van der Waals surface area contributed by atoms with Gasteiger partial charge in [0.15, 0.2) is 12.6 Å². The summed E-state index contributed by atoms with van der Waals surface area (Å²) in [5, 5.41) is 87.6. The van der Waals surface area contributed by atoms with Gasteiger partial charge in [-0.3, -0.25) is 4.79 Å². The Bertz CT molecular complexity index is 1410. The van der Waals surface area contributed by atoms with Crippen LogP contribution in [-0.4, -0.2) is 140 Å². The van der Waals surface area contributed by atoms with Crippen molar-refractivity contribution in [1.29, 1.82) is 0 Å². The van der Waals surface area contributed by atoms with E-state index < -0.39 is 86.8 Å². The Balaban J connectivity index is 1.62. The average molecular weight is 1200 g/mol. The molecular weight excluding hydrogens is 1060 g/mol. The maximum absolute atomic E-state index is 13.4. The number of ether oxygens (including phenoxy) is 4. The zero-order valence-electron chi connectivity index (χ0n) is 54.4. The van der Waals surface area contributed by atoms with E-state index in [1.165, 1.54) is 270 Å². The van der Waals surface area contributed by atoms with Crippen LogP contribution in [0.5, 0.6) is 0 Å². The lowest BCUT2D eigenvalue weighted by Gasteiger charge is -2.46. The number of aliphatic hydroxyl groups excluding tert-OH is 8. The summed E-state index contributed by atoms with van der Waals surface area (Å²) in [6.07, 6.45) is 49.9. The van der Waals surface area contributed by atoms with Gasteiger partial charge in [0.05, 0.1) is 32.0 Å². The molecule has 0 aromatic heterocycles. The lowest BCUT2D eigenvalue weighted by Crippen LogP contribution is -2.65. The van der Waals surface area contributed by atoms with E-state index in [0.717, 1.165) is 51.4 Å². The fourth-order valence-electron chi connectivity index (χ4n) is 12.5. The van der Waals surface area contributed by atoms with E-state index in [-0.39, 0.29) is 12.5 Å². The number of carbonyl (C=O) groups is 1. The van der Waals surface area contributed by atoms with Gasteiger partial charge in [-0.1, -0.05) is 328 Å². The minimum atomic E-state index is -1.78. The molecule has 0 bridgehead atoms. The Morgan fingerprint density at radius 2 is 0.679 bits per heavy atom. The molecule has 1 amide bonds. The minimum Gasteiger partial charge on any atom is -0.394 e. The van der Waals surface area contributed by atoms with E-state index >= 15 is 0 Å². The van der Waals surface area contributed by atoms with Crippen LogP contribution in [0, 0.1) is 0 Å². The molecule has 12 unspecified atom stereocenters. The van der Waals surface area contributed by atoms with E-state index in [4.69, 9.17) is 18.9 Å². The molecule has 0 aromatic rings. The molecule has 2 saturated heterocycles. The summed E-state index contributed by atoms with van der Waals surface area (Å²) in [6, 6.07) is -0.824. The zero-order valence-corrected chi connectivity index (χ0v) is 54.4. The highest BCUT2D eigenvalue weighted by atomic mass is 16.7. The standard InChI is InChI=1S/C70H137NO13/c1-3-5-7-9-11-13-15-17-19-21-23-24-25-26-27-28-29-30-31-32-33-34-36-38-40-42-44-46-48-50-52-54-62(75)71-58(59(74)53-51-49-47-45-43-41-39-37-35-22-20-18-16-14-12-10-8-6-4-2)57-81-69-67(80)65(78)68(61(56-73)83-69)84-70-66(79)64(77)63(76)60(55-72)82-70/h58-61,63-70,72-74,76-80H,3-57H2,1-2H3,(H,71,75). The van der Waals surface area contributed by atoms with E-state index in [2.05, 4.69) is 19.2 Å². The second-order valence-electron chi connectivity index (χ2n) is 26.1. The molecule has 0 aromatic carbocycles. The monoisotopic (exact) mass is 1200 g/mol. The number of amides is 1. The molecule has 0 aliphatic carbocycles. The first kappa shape index (κ1) is 79.1. The second-order valence-corrected chi connectivity index (χ2v) is 26.1. The first-order valence-electron chi connectivity index (χ1n) is 36.3. The van der Waals surface area contributed by atoms with E-state index in [9.17, 15) is 45.6 Å². The summed E-state index contributed by atoms with van der Waals surface area (Å²) >= 11 is 0. The van der Waals surface area contributed by atoms with Crippen LogP contribution in [0.1, 0.15) is 348 Å². The third-order valence-electron chi connectivity index (χ3n) is 18.3. The summed E-state index contributed by atoms with van der Waals surface area (Å²) in [4.78, 5) is 13.4. The fourth-order valence-corrected chi connectivity index (χ4v) is 12.5. The van der Waals surface area contributed by atoms with Crippen molar-refractivity contribution in [3.63, 3.8) is 0 Å². The van der Waals surface area contributed by atoms with Crippen LogP contribution >= 0.6 is 0 Å². The molecule has 0 spiro atoms. The van der Waals surface area contributed by atoms with Gasteiger partial charge in [-0.2, -0.15) is 0 Å². The summed E-state index contributed by atoms with van der Waals surface area (Å²) in [7, 11) is 0. The molecule has 12 atom stereocenters. The van der Waals surface area contributed by atoms with E-state index in [1.807, 2.05) is 0 Å². The smallest absolute Gasteiger partial charge is 0.220 e. The lowest BCUT2D eigenvalue weighted by atomic mass is 9.97. The predicted octanol–water partition coefficient (Wildman–Crippen LogP) is 14.8. The van der Waals surface area contributed by atoms with Crippen molar-refractivity contribution in [3.05, 3.63) is 0 Å². The topological polar surface area (TPSA) is 228 Å². The van der Waals surface area contributed by atoms with E-state index in [1.54, 1.807) is 0 Å². The Kier molecular flexibility index (Phi) is 52.7. The highest BCUT2D eigenvalue weighted by Gasteiger charge is 2.51. The summed E-state index contributed by atoms with van der Waals surface area (Å²) < 4.78 is 22.9. The maximum atomic E-state index is 13.4. The zero-order chi connectivity index (χ0) is 60.9. The van der Waals surface area contributed by atoms with Crippen LogP contribution in [0.25, 0.3) is 0 Å². The van der Waals surface area contributed by atoms with Gasteiger partial charge in [0, 0.05) is 6.42 Å². The summed E-state index contributed by atoms with van der Waals surface area (Å²) in [6.45, 7) is 2.93.